The monoisotopic (exact) mass is 415 g/mol. The quantitative estimate of drug-likeness (QED) is 0.662. The van der Waals surface area contributed by atoms with Gasteiger partial charge in [0.15, 0.2) is 0 Å². The van der Waals surface area contributed by atoms with Crippen molar-refractivity contribution >= 4 is 35.1 Å². The maximum atomic E-state index is 13.0. The number of methoxy groups -OCH3 is 2. The van der Waals surface area contributed by atoms with Crippen LogP contribution in [0.4, 0.5) is 5.82 Å². The lowest BCUT2D eigenvalue weighted by Crippen LogP contribution is -2.16. The molecule has 144 valence electrons. The molecule has 0 radical (unpaired) electrons. The van der Waals surface area contributed by atoms with Crippen molar-refractivity contribution in [2.75, 3.05) is 19.5 Å². The first-order chi connectivity index (χ1) is 13.6. The highest BCUT2D eigenvalue weighted by molar-refractivity contribution is 7.98. The van der Waals surface area contributed by atoms with E-state index in [2.05, 4.69) is 5.32 Å². The third-order valence-corrected chi connectivity index (χ3v) is 5.69. The number of thioether (sulfide) groups is 1. The second kappa shape index (κ2) is 7.77. The maximum absolute atomic E-state index is 13.0. The normalized spacial score (nSPS) is 12.5. The van der Waals surface area contributed by atoms with Crippen LogP contribution >= 0.6 is 23.4 Å². The highest BCUT2D eigenvalue weighted by Gasteiger charge is 2.25. The van der Waals surface area contributed by atoms with Gasteiger partial charge in [-0.15, -0.1) is 0 Å². The van der Waals surface area contributed by atoms with Gasteiger partial charge in [0, 0.05) is 33.7 Å². The Bertz CT molecular complexity index is 1010. The van der Waals surface area contributed by atoms with Gasteiger partial charge in [-0.2, -0.15) is 16.9 Å². The van der Waals surface area contributed by atoms with E-state index in [0.29, 0.717) is 27.9 Å². The van der Waals surface area contributed by atoms with Gasteiger partial charge in [0.1, 0.15) is 17.3 Å². The summed E-state index contributed by atoms with van der Waals surface area (Å²) in [5.41, 5.74) is 3.31. The summed E-state index contributed by atoms with van der Waals surface area (Å²) in [6.07, 6.45) is 0. The minimum Gasteiger partial charge on any atom is -0.497 e. The Morgan fingerprint density at radius 3 is 2.43 bits per heavy atom. The fourth-order valence-electron chi connectivity index (χ4n) is 3.03. The summed E-state index contributed by atoms with van der Waals surface area (Å²) in [5.74, 6) is 3.15. The van der Waals surface area contributed by atoms with Crippen LogP contribution in [0.3, 0.4) is 0 Å². The van der Waals surface area contributed by atoms with E-state index < -0.39 is 0 Å². The molecule has 1 amide bonds. The van der Waals surface area contributed by atoms with Crippen LogP contribution in [0.15, 0.2) is 42.5 Å². The molecule has 0 atom stereocenters. The van der Waals surface area contributed by atoms with Crippen LogP contribution in [-0.2, 0) is 11.5 Å². The first-order valence-corrected chi connectivity index (χ1v) is 10.1. The van der Waals surface area contributed by atoms with E-state index in [0.717, 1.165) is 28.5 Å². The Balaban J connectivity index is 1.72. The molecule has 1 N–H and O–H groups in total. The van der Waals surface area contributed by atoms with Crippen molar-refractivity contribution in [3.63, 3.8) is 0 Å². The third-order valence-electron chi connectivity index (χ3n) is 4.47. The standard InChI is InChI=1S/C20H18ClN3O3S/c1-26-15-7-12(8-16(9-15)27-2)20(25)22-19-17-10-28-11-18(17)23-24(19)14-5-3-13(21)4-6-14/h3-9H,10-11H2,1-2H3,(H,22,25). The van der Waals surface area contributed by atoms with E-state index in [1.807, 2.05) is 12.1 Å². The second-order valence-corrected chi connectivity index (χ2v) is 7.63. The average molecular weight is 416 g/mol. The van der Waals surface area contributed by atoms with Crippen LogP contribution in [0, 0.1) is 0 Å². The molecule has 8 heteroatoms. The number of aromatic nitrogens is 2. The summed E-state index contributed by atoms with van der Waals surface area (Å²) < 4.78 is 12.3. The highest BCUT2D eigenvalue weighted by Crippen LogP contribution is 2.36. The number of nitrogens with one attached hydrogen (secondary N) is 1. The van der Waals surface area contributed by atoms with Gasteiger partial charge in [0.25, 0.3) is 5.91 Å². The molecule has 0 fully saturated rings. The Labute approximate surface area is 171 Å². The number of nitrogens with zero attached hydrogens (tertiary/aromatic N) is 2. The average Bonchev–Trinajstić information content (AvgIpc) is 3.30. The van der Waals surface area contributed by atoms with Crippen molar-refractivity contribution in [3.8, 4) is 17.2 Å². The molecule has 0 bridgehead atoms. The lowest BCUT2D eigenvalue weighted by molar-refractivity contribution is 0.102. The Morgan fingerprint density at radius 1 is 1.11 bits per heavy atom. The van der Waals surface area contributed by atoms with Crippen molar-refractivity contribution in [3.05, 3.63) is 64.3 Å². The molecule has 1 aliphatic rings. The fourth-order valence-corrected chi connectivity index (χ4v) is 4.19. The van der Waals surface area contributed by atoms with Gasteiger partial charge in [-0.05, 0) is 36.4 Å². The van der Waals surface area contributed by atoms with E-state index in [4.69, 9.17) is 26.2 Å². The molecule has 0 unspecified atom stereocenters. The minimum atomic E-state index is -0.257. The van der Waals surface area contributed by atoms with Gasteiger partial charge in [0.05, 0.1) is 25.6 Å². The topological polar surface area (TPSA) is 65.4 Å². The van der Waals surface area contributed by atoms with Gasteiger partial charge >= 0.3 is 0 Å². The molecule has 2 aromatic carbocycles. The summed E-state index contributed by atoms with van der Waals surface area (Å²) in [7, 11) is 3.10. The van der Waals surface area contributed by atoms with Gasteiger partial charge in [-0.3, -0.25) is 4.79 Å². The second-order valence-electron chi connectivity index (χ2n) is 6.21. The predicted octanol–water partition coefficient (Wildman–Crippen LogP) is 4.54. The number of carbonyl (C=O) groups excluding carboxylic acids is 1. The zero-order valence-electron chi connectivity index (χ0n) is 15.4. The zero-order valence-corrected chi connectivity index (χ0v) is 16.9. The van der Waals surface area contributed by atoms with Crippen LogP contribution in [0.25, 0.3) is 5.69 Å². The van der Waals surface area contributed by atoms with Gasteiger partial charge in [0.2, 0.25) is 0 Å². The van der Waals surface area contributed by atoms with Gasteiger partial charge in [-0.25, -0.2) is 4.68 Å². The third kappa shape index (κ3) is 3.55. The van der Waals surface area contributed by atoms with Crippen LogP contribution in [0.2, 0.25) is 5.02 Å². The molecule has 0 spiro atoms. The number of fused-ring (bicyclic) bond motifs is 1. The molecule has 6 nitrogen and oxygen atoms in total. The summed E-state index contributed by atoms with van der Waals surface area (Å²) in [4.78, 5) is 13.0. The number of ether oxygens (including phenoxy) is 2. The molecule has 4 rings (SSSR count). The molecule has 2 heterocycles. The Morgan fingerprint density at radius 2 is 1.79 bits per heavy atom. The fraction of sp³-hybridized carbons (Fsp3) is 0.200. The predicted molar refractivity (Wildman–Crippen MR) is 111 cm³/mol. The Kier molecular flexibility index (Phi) is 5.19. The number of rotatable bonds is 5. The van der Waals surface area contributed by atoms with Crippen molar-refractivity contribution in [1.82, 2.24) is 9.78 Å². The first kappa shape index (κ1) is 18.7. The van der Waals surface area contributed by atoms with Crippen molar-refractivity contribution in [2.24, 2.45) is 0 Å². The summed E-state index contributed by atoms with van der Waals surface area (Å²) >= 11 is 7.79. The van der Waals surface area contributed by atoms with Gasteiger partial charge in [-0.1, -0.05) is 11.6 Å². The highest BCUT2D eigenvalue weighted by atomic mass is 35.5. The number of halogens is 1. The Hall–Kier alpha value is -2.64. The molecular weight excluding hydrogens is 398 g/mol. The largest absolute Gasteiger partial charge is 0.497 e. The van der Waals surface area contributed by atoms with Crippen LogP contribution in [0.5, 0.6) is 11.5 Å². The molecule has 1 aromatic heterocycles. The van der Waals surface area contributed by atoms with E-state index in [-0.39, 0.29) is 5.91 Å². The number of hydrogen-bond acceptors (Lipinski definition) is 5. The minimum absolute atomic E-state index is 0.257. The first-order valence-electron chi connectivity index (χ1n) is 8.58. The zero-order chi connectivity index (χ0) is 19.7. The number of benzene rings is 2. The lowest BCUT2D eigenvalue weighted by atomic mass is 10.1. The lowest BCUT2D eigenvalue weighted by Gasteiger charge is -2.12. The van der Waals surface area contributed by atoms with E-state index in [1.54, 1.807) is 61.0 Å². The van der Waals surface area contributed by atoms with Crippen LogP contribution in [0.1, 0.15) is 21.6 Å². The molecule has 0 saturated carbocycles. The summed E-state index contributed by atoms with van der Waals surface area (Å²) in [5, 5.41) is 8.37. The maximum Gasteiger partial charge on any atom is 0.257 e. The van der Waals surface area contributed by atoms with E-state index >= 15 is 0 Å². The van der Waals surface area contributed by atoms with Gasteiger partial charge < -0.3 is 14.8 Å². The molecule has 28 heavy (non-hydrogen) atoms. The molecular formula is C20H18ClN3O3S. The number of carbonyl (C=O) groups is 1. The number of amides is 1. The number of hydrogen-bond donors (Lipinski definition) is 1. The van der Waals surface area contributed by atoms with Crippen molar-refractivity contribution in [1.29, 1.82) is 0 Å². The van der Waals surface area contributed by atoms with Crippen LogP contribution < -0.4 is 14.8 Å². The van der Waals surface area contributed by atoms with E-state index in [1.165, 1.54) is 0 Å². The van der Waals surface area contributed by atoms with Crippen molar-refractivity contribution < 1.29 is 14.3 Å². The molecule has 1 aliphatic heterocycles. The molecule has 0 aliphatic carbocycles. The van der Waals surface area contributed by atoms with E-state index in [9.17, 15) is 4.79 Å². The molecule has 0 saturated heterocycles. The summed E-state index contributed by atoms with van der Waals surface area (Å²) in [6, 6.07) is 12.4. The van der Waals surface area contributed by atoms with Crippen molar-refractivity contribution in [2.45, 2.75) is 11.5 Å². The molecule has 3 aromatic rings. The smallest absolute Gasteiger partial charge is 0.257 e. The summed E-state index contributed by atoms with van der Waals surface area (Å²) in [6.45, 7) is 0. The van der Waals surface area contributed by atoms with Crippen LogP contribution in [-0.4, -0.2) is 29.9 Å². The SMILES string of the molecule is COc1cc(OC)cc(C(=O)Nc2c3c(nn2-c2ccc(Cl)cc2)CSC3)c1. The number of anilines is 1.